The van der Waals surface area contributed by atoms with E-state index in [2.05, 4.69) is 13.8 Å². The molecule has 5 nitrogen and oxygen atoms in total. The van der Waals surface area contributed by atoms with E-state index in [1.807, 2.05) is 11.8 Å². The molecule has 0 N–H and O–H groups in total. The van der Waals surface area contributed by atoms with Crippen LogP contribution in [-0.4, -0.2) is 29.5 Å². The molecule has 0 aliphatic carbocycles. The highest BCUT2D eigenvalue weighted by Crippen LogP contribution is 2.31. The van der Waals surface area contributed by atoms with Gasteiger partial charge in [-0.1, -0.05) is 11.6 Å². The molecule has 0 saturated carbocycles. The molecular weight excluding hydrogens is 342 g/mol. The normalized spacial score (nSPS) is 20.7. The van der Waals surface area contributed by atoms with Crippen LogP contribution in [0.2, 0.25) is 5.02 Å². The summed E-state index contributed by atoms with van der Waals surface area (Å²) in [5.41, 5.74) is 0.758. The molecule has 1 aromatic carbocycles. The SMILES string of the molecule is Cc1cc(=O)oc2cc(OCC(=O)N3[C@@H](C)CCC[C@@H]3C)c(Cl)cc12. The molecule has 25 heavy (non-hydrogen) atoms. The van der Waals surface area contributed by atoms with Gasteiger partial charge in [0, 0.05) is 29.6 Å². The lowest BCUT2D eigenvalue weighted by Crippen LogP contribution is -2.49. The zero-order chi connectivity index (χ0) is 18.1. The summed E-state index contributed by atoms with van der Waals surface area (Å²) in [6, 6.07) is 5.12. The first kappa shape index (κ1) is 17.8. The molecule has 3 rings (SSSR count). The number of halogens is 1. The molecule has 0 unspecified atom stereocenters. The lowest BCUT2D eigenvalue weighted by molar-refractivity contribution is -0.139. The summed E-state index contributed by atoms with van der Waals surface area (Å²) in [4.78, 5) is 26.0. The summed E-state index contributed by atoms with van der Waals surface area (Å²) < 4.78 is 10.9. The van der Waals surface area contributed by atoms with E-state index in [0.29, 0.717) is 16.4 Å². The molecule has 1 aromatic heterocycles. The molecule has 0 bridgehead atoms. The van der Waals surface area contributed by atoms with Gasteiger partial charge in [-0.05, 0) is 51.7 Å². The predicted molar refractivity (Wildman–Crippen MR) is 97.3 cm³/mol. The molecular formula is C19H22ClNO4. The third kappa shape index (κ3) is 3.66. The topological polar surface area (TPSA) is 59.8 Å². The number of carbonyl (C=O) groups is 1. The molecule has 1 amide bonds. The Hall–Kier alpha value is -2.01. The molecule has 1 saturated heterocycles. The molecule has 2 aromatic rings. The van der Waals surface area contributed by atoms with Gasteiger partial charge in [0.1, 0.15) is 11.3 Å². The van der Waals surface area contributed by atoms with Gasteiger partial charge in [-0.3, -0.25) is 4.79 Å². The fourth-order valence-corrected chi connectivity index (χ4v) is 3.78. The van der Waals surface area contributed by atoms with Crippen LogP contribution in [-0.2, 0) is 4.79 Å². The van der Waals surface area contributed by atoms with E-state index in [9.17, 15) is 9.59 Å². The molecule has 134 valence electrons. The van der Waals surface area contributed by atoms with Gasteiger partial charge in [-0.2, -0.15) is 0 Å². The van der Waals surface area contributed by atoms with Crippen molar-refractivity contribution >= 4 is 28.5 Å². The predicted octanol–water partition coefficient (Wildman–Crippen LogP) is 3.92. The maximum Gasteiger partial charge on any atom is 0.336 e. The van der Waals surface area contributed by atoms with Crippen molar-refractivity contribution < 1.29 is 13.9 Å². The highest BCUT2D eigenvalue weighted by Gasteiger charge is 2.29. The molecule has 1 aliphatic rings. The third-order valence-corrected chi connectivity index (χ3v) is 5.13. The van der Waals surface area contributed by atoms with Crippen molar-refractivity contribution in [3.63, 3.8) is 0 Å². The van der Waals surface area contributed by atoms with Gasteiger partial charge in [-0.25, -0.2) is 4.79 Å². The van der Waals surface area contributed by atoms with Gasteiger partial charge in [0.2, 0.25) is 0 Å². The van der Waals surface area contributed by atoms with Crippen molar-refractivity contribution in [1.82, 2.24) is 4.90 Å². The monoisotopic (exact) mass is 363 g/mol. The second-order valence-corrected chi connectivity index (χ2v) is 7.15. The van der Waals surface area contributed by atoms with Crippen LogP contribution in [0.1, 0.15) is 38.7 Å². The molecule has 6 heteroatoms. The van der Waals surface area contributed by atoms with Gasteiger partial charge in [0.25, 0.3) is 5.91 Å². The van der Waals surface area contributed by atoms with Crippen molar-refractivity contribution in [3.8, 4) is 5.75 Å². The Labute approximate surface area is 151 Å². The standard InChI is InChI=1S/C19H22ClNO4/c1-11-7-19(23)25-16-9-17(15(20)8-14(11)16)24-10-18(22)21-12(2)5-4-6-13(21)3/h7-9,12-13H,4-6,10H2,1-3H3/t12-,13-/m0/s1. The van der Waals surface area contributed by atoms with Gasteiger partial charge in [0.05, 0.1) is 5.02 Å². The highest BCUT2D eigenvalue weighted by atomic mass is 35.5. The second kappa shape index (κ2) is 7.08. The number of amides is 1. The quantitative estimate of drug-likeness (QED) is 0.775. The Morgan fingerprint density at radius 2 is 1.96 bits per heavy atom. The smallest absolute Gasteiger partial charge is 0.336 e. The van der Waals surface area contributed by atoms with Crippen molar-refractivity contribution in [1.29, 1.82) is 0 Å². The van der Waals surface area contributed by atoms with Gasteiger partial charge in [-0.15, -0.1) is 0 Å². The maximum atomic E-state index is 12.6. The Bertz CT molecular complexity index is 850. The number of benzene rings is 1. The van der Waals surface area contributed by atoms with E-state index < -0.39 is 5.63 Å². The molecule has 0 radical (unpaired) electrons. The number of likely N-dealkylation sites (tertiary alicyclic amines) is 1. The fraction of sp³-hybridized carbons (Fsp3) is 0.474. The van der Waals surface area contributed by atoms with E-state index >= 15 is 0 Å². The van der Waals surface area contributed by atoms with Crippen LogP contribution < -0.4 is 10.4 Å². The number of aryl methyl sites for hydroxylation is 1. The highest BCUT2D eigenvalue weighted by molar-refractivity contribution is 6.32. The van der Waals surface area contributed by atoms with Crippen LogP contribution in [0.5, 0.6) is 5.75 Å². The Morgan fingerprint density at radius 3 is 2.64 bits per heavy atom. The lowest BCUT2D eigenvalue weighted by atomic mass is 9.97. The van der Waals surface area contributed by atoms with Crippen molar-refractivity contribution in [2.45, 2.75) is 52.1 Å². The van der Waals surface area contributed by atoms with E-state index in [1.54, 1.807) is 12.1 Å². The van der Waals surface area contributed by atoms with E-state index in [4.69, 9.17) is 20.8 Å². The first-order valence-electron chi connectivity index (χ1n) is 8.55. The fourth-order valence-electron chi connectivity index (χ4n) is 3.56. The summed E-state index contributed by atoms with van der Waals surface area (Å²) in [5.74, 6) is 0.287. The average Bonchev–Trinajstić information content (AvgIpc) is 2.53. The molecule has 1 aliphatic heterocycles. The van der Waals surface area contributed by atoms with Gasteiger partial charge in [0.15, 0.2) is 6.61 Å². The minimum absolute atomic E-state index is 0.0541. The number of hydrogen-bond donors (Lipinski definition) is 0. The zero-order valence-corrected chi connectivity index (χ0v) is 15.4. The molecule has 0 spiro atoms. The number of nitrogens with zero attached hydrogens (tertiary/aromatic N) is 1. The third-order valence-electron chi connectivity index (χ3n) is 4.84. The molecule has 2 heterocycles. The van der Waals surface area contributed by atoms with Crippen molar-refractivity contribution in [3.05, 3.63) is 39.2 Å². The van der Waals surface area contributed by atoms with E-state index in [1.165, 1.54) is 6.07 Å². The summed E-state index contributed by atoms with van der Waals surface area (Å²) in [6.07, 6.45) is 3.16. The molecule has 2 atom stereocenters. The molecule has 1 fully saturated rings. The van der Waals surface area contributed by atoms with E-state index in [0.717, 1.165) is 30.2 Å². The maximum absolute atomic E-state index is 12.6. The Balaban J connectivity index is 1.80. The number of hydrogen-bond acceptors (Lipinski definition) is 4. The van der Waals surface area contributed by atoms with Crippen LogP contribution >= 0.6 is 11.6 Å². The van der Waals surface area contributed by atoms with E-state index in [-0.39, 0.29) is 24.6 Å². The summed E-state index contributed by atoms with van der Waals surface area (Å²) in [5, 5.41) is 1.14. The number of ether oxygens (including phenoxy) is 1. The van der Waals surface area contributed by atoms with Crippen LogP contribution in [0.3, 0.4) is 0 Å². The average molecular weight is 364 g/mol. The largest absolute Gasteiger partial charge is 0.482 e. The van der Waals surface area contributed by atoms with Crippen LogP contribution in [0.15, 0.2) is 27.4 Å². The second-order valence-electron chi connectivity index (χ2n) is 6.75. The number of carbonyl (C=O) groups excluding carboxylic acids is 1. The van der Waals surface area contributed by atoms with Crippen LogP contribution in [0, 0.1) is 6.92 Å². The number of fused-ring (bicyclic) bond motifs is 1. The van der Waals surface area contributed by atoms with Crippen LogP contribution in [0.4, 0.5) is 0 Å². The zero-order valence-electron chi connectivity index (χ0n) is 14.7. The minimum atomic E-state index is -0.426. The minimum Gasteiger partial charge on any atom is -0.482 e. The first-order chi connectivity index (χ1) is 11.9. The Kier molecular flexibility index (Phi) is 5.04. The van der Waals surface area contributed by atoms with Gasteiger partial charge >= 0.3 is 5.63 Å². The summed E-state index contributed by atoms with van der Waals surface area (Å²) >= 11 is 6.27. The number of piperidine rings is 1. The summed E-state index contributed by atoms with van der Waals surface area (Å²) in [6.45, 7) is 5.86. The van der Waals surface area contributed by atoms with Crippen molar-refractivity contribution in [2.75, 3.05) is 6.61 Å². The lowest BCUT2D eigenvalue weighted by Gasteiger charge is -2.39. The summed E-state index contributed by atoms with van der Waals surface area (Å²) in [7, 11) is 0. The van der Waals surface area contributed by atoms with Crippen molar-refractivity contribution in [2.24, 2.45) is 0 Å². The number of rotatable bonds is 3. The van der Waals surface area contributed by atoms with Crippen LogP contribution in [0.25, 0.3) is 11.0 Å². The first-order valence-corrected chi connectivity index (χ1v) is 8.92. The van der Waals surface area contributed by atoms with Gasteiger partial charge < -0.3 is 14.1 Å². The Morgan fingerprint density at radius 1 is 1.28 bits per heavy atom.